The minimum atomic E-state index is -0.320. The van der Waals surface area contributed by atoms with E-state index in [1.807, 2.05) is 42.5 Å². The smallest absolute Gasteiger partial charge is 0.322 e. The molecule has 0 fully saturated rings. The lowest BCUT2D eigenvalue weighted by Gasteiger charge is -2.25. The van der Waals surface area contributed by atoms with Crippen LogP contribution < -0.4 is 11.1 Å². The van der Waals surface area contributed by atoms with Gasteiger partial charge in [0, 0.05) is 11.6 Å². The highest BCUT2D eigenvalue weighted by molar-refractivity contribution is 5.78. The summed E-state index contributed by atoms with van der Waals surface area (Å²) in [5.74, 6) is -0.0678. The van der Waals surface area contributed by atoms with Gasteiger partial charge < -0.3 is 15.6 Å². The number of allylic oxidation sites excluding steroid dienone is 1. The molecule has 0 bridgehead atoms. The number of primary amides is 1. The van der Waals surface area contributed by atoms with Crippen LogP contribution in [0.1, 0.15) is 12.8 Å². The van der Waals surface area contributed by atoms with Crippen molar-refractivity contribution >= 4 is 11.9 Å². The normalized spacial score (nSPS) is 21.1. The van der Waals surface area contributed by atoms with Crippen molar-refractivity contribution in [2.75, 3.05) is 5.32 Å². The second-order valence-electron chi connectivity index (χ2n) is 4.99. The maximum atomic E-state index is 11.5. The van der Waals surface area contributed by atoms with Crippen molar-refractivity contribution in [3.8, 4) is 11.4 Å². The van der Waals surface area contributed by atoms with Gasteiger partial charge in [-0.1, -0.05) is 47.6 Å². The van der Waals surface area contributed by atoms with Gasteiger partial charge in [0.2, 0.25) is 11.7 Å². The van der Waals surface area contributed by atoms with Crippen molar-refractivity contribution < 1.29 is 9.32 Å². The highest BCUT2D eigenvalue weighted by Gasteiger charge is 2.28. The number of amides is 1. The van der Waals surface area contributed by atoms with E-state index in [1.165, 1.54) is 0 Å². The van der Waals surface area contributed by atoms with E-state index < -0.39 is 0 Å². The number of aromatic nitrogens is 2. The largest absolute Gasteiger partial charge is 0.369 e. The van der Waals surface area contributed by atoms with Gasteiger partial charge >= 0.3 is 6.01 Å². The minimum absolute atomic E-state index is 0.114. The van der Waals surface area contributed by atoms with E-state index in [0.29, 0.717) is 24.7 Å². The maximum Gasteiger partial charge on any atom is 0.322 e. The number of nitrogens with one attached hydrogen (secondary N) is 1. The van der Waals surface area contributed by atoms with E-state index >= 15 is 0 Å². The molecule has 1 aromatic carbocycles. The molecule has 1 aliphatic carbocycles. The first-order valence-corrected chi connectivity index (χ1v) is 6.84. The van der Waals surface area contributed by atoms with Crippen molar-refractivity contribution in [3.05, 3.63) is 42.5 Å². The molecular weight excluding hydrogens is 268 g/mol. The zero-order valence-corrected chi connectivity index (χ0v) is 11.4. The summed E-state index contributed by atoms with van der Waals surface area (Å²) in [6.45, 7) is 0. The third-order valence-electron chi connectivity index (χ3n) is 3.56. The molecule has 0 unspecified atom stereocenters. The molecule has 21 heavy (non-hydrogen) atoms. The molecule has 0 radical (unpaired) electrons. The molecule has 0 aliphatic heterocycles. The van der Waals surface area contributed by atoms with Crippen LogP contribution in [0.25, 0.3) is 11.4 Å². The average Bonchev–Trinajstić information content (AvgIpc) is 2.97. The van der Waals surface area contributed by atoms with E-state index in [9.17, 15) is 4.79 Å². The molecule has 2 aromatic rings. The molecule has 0 spiro atoms. The minimum Gasteiger partial charge on any atom is -0.369 e. The fourth-order valence-electron chi connectivity index (χ4n) is 2.43. The highest BCUT2D eigenvalue weighted by atomic mass is 16.5. The summed E-state index contributed by atoms with van der Waals surface area (Å²) in [7, 11) is 0. The summed E-state index contributed by atoms with van der Waals surface area (Å²) in [6.07, 6.45) is 5.33. The Hall–Kier alpha value is -2.63. The van der Waals surface area contributed by atoms with E-state index in [-0.39, 0.29) is 17.9 Å². The number of nitrogens with two attached hydrogens (primary N) is 1. The fraction of sp³-hybridized carbons (Fsp3) is 0.267. The number of nitrogens with zero attached hydrogens (tertiary/aromatic N) is 2. The number of hydrogen-bond donors (Lipinski definition) is 2. The van der Waals surface area contributed by atoms with Crippen LogP contribution in [0.2, 0.25) is 0 Å². The lowest BCUT2D eigenvalue weighted by molar-refractivity contribution is -0.122. The van der Waals surface area contributed by atoms with Crippen LogP contribution in [-0.4, -0.2) is 22.1 Å². The van der Waals surface area contributed by atoms with Gasteiger partial charge in [-0.3, -0.25) is 4.79 Å². The molecule has 1 heterocycles. The number of hydrogen-bond acceptors (Lipinski definition) is 5. The first-order chi connectivity index (χ1) is 10.2. The second-order valence-corrected chi connectivity index (χ2v) is 4.99. The van der Waals surface area contributed by atoms with E-state index in [1.54, 1.807) is 0 Å². The molecule has 108 valence electrons. The van der Waals surface area contributed by atoms with Gasteiger partial charge in [-0.25, -0.2) is 0 Å². The molecule has 6 heteroatoms. The Morgan fingerprint density at radius 3 is 2.76 bits per heavy atom. The van der Waals surface area contributed by atoms with Gasteiger partial charge in [-0.05, 0) is 12.8 Å². The monoisotopic (exact) mass is 284 g/mol. The quantitative estimate of drug-likeness (QED) is 0.837. The van der Waals surface area contributed by atoms with Crippen molar-refractivity contribution in [1.82, 2.24) is 10.1 Å². The van der Waals surface area contributed by atoms with Gasteiger partial charge in [0.05, 0.1) is 5.92 Å². The Bertz CT molecular complexity index is 651. The van der Waals surface area contributed by atoms with Crippen LogP contribution in [0.4, 0.5) is 6.01 Å². The first kappa shape index (κ1) is 13.4. The second kappa shape index (κ2) is 5.78. The molecule has 2 atom stereocenters. The highest BCUT2D eigenvalue weighted by Crippen LogP contribution is 2.23. The third-order valence-corrected chi connectivity index (χ3v) is 3.56. The van der Waals surface area contributed by atoms with Crippen molar-refractivity contribution in [3.63, 3.8) is 0 Å². The predicted octanol–water partition coefficient (Wildman–Crippen LogP) is 1.97. The average molecular weight is 284 g/mol. The zero-order chi connectivity index (χ0) is 14.7. The SMILES string of the molecule is NC(=O)[C@@H]1CC=CC[C@H]1Nc1nc(-c2ccccc2)no1. The summed E-state index contributed by atoms with van der Waals surface area (Å²) in [5, 5.41) is 7.05. The first-order valence-electron chi connectivity index (χ1n) is 6.84. The molecule has 3 N–H and O–H groups in total. The van der Waals surface area contributed by atoms with Crippen LogP contribution in [0.3, 0.4) is 0 Å². The number of rotatable bonds is 4. The lowest BCUT2D eigenvalue weighted by atomic mass is 9.88. The van der Waals surface area contributed by atoms with Crippen molar-refractivity contribution in [2.24, 2.45) is 11.7 Å². The van der Waals surface area contributed by atoms with E-state index in [2.05, 4.69) is 15.5 Å². The fourth-order valence-corrected chi connectivity index (χ4v) is 2.43. The molecular formula is C15H16N4O2. The Labute approximate surface area is 122 Å². The van der Waals surface area contributed by atoms with Crippen LogP contribution >= 0.6 is 0 Å². The zero-order valence-electron chi connectivity index (χ0n) is 11.4. The summed E-state index contributed by atoms with van der Waals surface area (Å²) in [4.78, 5) is 15.8. The Morgan fingerprint density at radius 1 is 1.24 bits per heavy atom. The van der Waals surface area contributed by atoms with Crippen LogP contribution in [-0.2, 0) is 4.79 Å². The van der Waals surface area contributed by atoms with Crippen molar-refractivity contribution in [1.29, 1.82) is 0 Å². The Kier molecular flexibility index (Phi) is 3.68. The standard InChI is InChI=1S/C15H16N4O2/c16-13(20)11-8-4-5-9-12(11)17-15-18-14(19-21-15)10-6-2-1-3-7-10/h1-7,11-12H,8-9H2,(H2,16,20)(H,17,18,19)/t11-,12-/m1/s1. The number of anilines is 1. The predicted molar refractivity (Wildman–Crippen MR) is 78.2 cm³/mol. The van der Waals surface area contributed by atoms with Gasteiger partial charge in [-0.15, -0.1) is 0 Å². The summed E-state index contributed by atoms with van der Waals surface area (Å²) in [5.41, 5.74) is 6.31. The Morgan fingerprint density at radius 2 is 2.00 bits per heavy atom. The van der Waals surface area contributed by atoms with Crippen LogP contribution in [0.5, 0.6) is 0 Å². The number of carbonyl (C=O) groups is 1. The number of benzene rings is 1. The third kappa shape index (κ3) is 2.94. The van der Waals surface area contributed by atoms with Crippen molar-refractivity contribution in [2.45, 2.75) is 18.9 Å². The summed E-state index contributed by atoms with van der Waals surface area (Å²) >= 11 is 0. The topological polar surface area (TPSA) is 94.0 Å². The van der Waals surface area contributed by atoms with Gasteiger partial charge in [0.1, 0.15) is 0 Å². The molecule has 1 aliphatic rings. The summed E-state index contributed by atoms with van der Waals surface area (Å²) < 4.78 is 5.20. The van der Waals surface area contributed by atoms with Gasteiger partial charge in [0.25, 0.3) is 0 Å². The molecule has 0 saturated heterocycles. The Balaban J connectivity index is 1.75. The van der Waals surface area contributed by atoms with E-state index in [0.717, 1.165) is 5.56 Å². The molecule has 0 saturated carbocycles. The molecule has 1 amide bonds. The molecule has 6 nitrogen and oxygen atoms in total. The molecule has 1 aromatic heterocycles. The van der Waals surface area contributed by atoms with Crippen LogP contribution in [0.15, 0.2) is 47.0 Å². The summed E-state index contributed by atoms with van der Waals surface area (Å²) in [6, 6.07) is 9.75. The van der Waals surface area contributed by atoms with Gasteiger partial charge in [0.15, 0.2) is 0 Å². The number of carbonyl (C=O) groups excluding carboxylic acids is 1. The van der Waals surface area contributed by atoms with Gasteiger partial charge in [-0.2, -0.15) is 4.98 Å². The lowest BCUT2D eigenvalue weighted by Crippen LogP contribution is -2.39. The maximum absolute atomic E-state index is 11.5. The van der Waals surface area contributed by atoms with E-state index in [4.69, 9.17) is 10.3 Å². The molecule has 3 rings (SSSR count). The van der Waals surface area contributed by atoms with Crippen LogP contribution in [0, 0.1) is 5.92 Å².